The fourth-order valence-electron chi connectivity index (χ4n) is 3.31. The molecule has 0 aliphatic heterocycles. The molecule has 2 N–H and O–H groups in total. The van der Waals surface area contributed by atoms with Crippen LogP contribution in [0, 0.1) is 11.8 Å². The lowest BCUT2D eigenvalue weighted by molar-refractivity contribution is -0.147. The molecular formula is C16H32N2O2. The number of likely N-dealkylation sites (N-methyl/N-ethyl adjacent to an activating group) is 1. The SMILES string of the molecule is CCN(CC)CCNC1(C(=O)O)CCCC(C(C)C)C1. The van der Waals surface area contributed by atoms with Gasteiger partial charge in [-0.2, -0.15) is 0 Å². The molecular weight excluding hydrogens is 252 g/mol. The molecule has 0 aromatic rings. The number of aliphatic carboxylic acids is 1. The van der Waals surface area contributed by atoms with Crippen LogP contribution < -0.4 is 5.32 Å². The Labute approximate surface area is 123 Å². The average Bonchev–Trinajstić information content (AvgIpc) is 2.43. The van der Waals surface area contributed by atoms with Gasteiger partial charge in [-0.1, -0.05) is 40.5 Å². The summed E-state index contributed by atoms with van der Waals surface area (Å²) in [5.41, 5.74) is -0.694. The minimum atomic E-state index is -0.694. The second kappa shape index (κ2) is 7.99. The van der Waals surface area contributed by atoms with Gasteiger partial charge in [0, 0.05) is 13.1 Å². The third kappa shape index (κ3) is 4.45. The van der Waals surface area contributed by atoms with Gasteiger partial charge in [0.1, 0.15) is 5.54 Å². The Morgan fingerprint density at radius 1 is 1.40 bits per heavy atom. The molecule has 1 aliphatic carbocycles. The van der Waals surface area contributed by atoms with E-state index >= 15 is 0 Å². The smallest absolute Gasteiger partial charge is 0.323 e. The molecule has 0 aromatic carbocycles. The quantitative estimate of drug-likeness (QED) is 0.719. The molecule has 0 heterocycles. The maximum Gasteiger partial charge on any atom is 0.323 e. The topological polar surface area (TPSA) is 52.6 Å². The van der Waals surface area contributed by atoms with Crippen LogP contribution in [0.3, 0.4) is 0 Å². The maximum atomic E-state index is 11.8. The van der Waals surface area contributed by atoms with Gasteiger partial charge in [0.2, 0.25) is 0 Å². The highest BCUT2D eigenvalue weighted by molar-refractivity contribution is 5.79. The van der Waals surface area contributed by atoms with E-state index in [1.165, 1.54) is 6.42 Å². The zero-order valence-electron chi connectivity index (χ0n) is 13.6. The van der Waals surface area contributed by atoms with Crippen molar-refractivity contribution in [2.75, 3.05) is 26.2 Å². The Bertz CT molecular complexity index is 303. The van der Waals surface area contributed by atoms with Crippen molar-refractivity contribution < 1.29 is 9.90 Å². The van der Waals surface area contributed by atoms with E-state index in [0.29, 0.717) is 11.8 Å². The van der Waals surface area contributed by atoms with Gasteiger partial charge in [-0.3, -0.25) is 4.79 Å². The van der Waals surface area contributed by atoms with Crippen molar-refractivity contribution in [3.05, 3.63) is 0 Å². The number of hydrogen-bond acceptors (Lipinski definition) is 3. The van der Waals surface area contributed by atoms with Crippen molar-refractivity contribution in [3.63, 3.8) is 0 Å². The second-order valence-corrected chi connectivity index (χ2v) is 6.44. The van der Waals surface area contributed by atoms with Crippen LogP contribution in [0.25, 0.3) is 0 Å². The van der Waals surface area contributed by atoms with Crippen molar-refractivity contribution >= 4 is 5.97 Å². The van der Waals surface area contributed by atoms with Gasteiger partial charge in [0.05, 0.1) is 0 Å². The molecule has 1 rings (SSSR count). The van der Waals surface area contributed by atoms with Crippen LogP contribution in [-0.4, -0.2) is 47.7 Å². The summed E-state index contributed by atoms with van der Waals surface area (Å²) in [6.45, 7) is 12.4. The number of carboxylic acids is 1. The molecule has 2 atom stereocenters. The van der Waals surface area contributed by atoms with Crippen LogP contribution in [0.1, 0.15) is 53.4 Å². The lowest BCUT2D eigenvalue weighted by Crippen LogP contribution is -2.56. The highest BCUT2D eigenvalue weighted by atomic mass is 16.4. The van der Waals surface area contributed by atoms with Crippen LogP contribution in [0.15, 0.2) is 0 Å². The van der Waals surface area contributed by atoms with Crippen molar-refractivity contribution in [2.45, 2.75) is 58.9 Å². The largest absolute Gasteiger partial charge is 0.480 e. The summed E-state index contributed by atoms with van der Waals surface area (Å²) in [7, 11) is 0. The van der Waals surface area contributed by atoms with Gasteiger partial charge in [-0.15, -0.1) is 0 Å². The van der Waals surface area contributed by atoms with Gasteiger partial charge >= 0.3 is 5.97 Å². The van der Waals surface area contributed by atoms with Crippen molar-refractivity contribution in [1.82, 2.24) is 10.2 Å². The maximum absolute atomic E-state index is 11.8. The van der Waals surface area contributed by atoms with E-state index < -0.39 is 11.5 Å². The normalized spacial score (nSPS) is 27.2. The molecule has 1 saturated carbocycles. The number of rotatable bonds is 8. The molecule has 4 nitrogen and oxygen atoms in total. The number of hydrogen-bond donors (Lipinski definition) is 2. The molecule has 0 spiro atoms. The van der Waals surface area contributed by atoms with Crippen LogP contribution >= 0.6 is 0 Å². The Morgan fingerprint density at radius 2 is 2.05 bits per heavy atom. The van der Waals surface area contributed by atoms with E-state index in [1.54, 1.807) is 0 Å². The number of carbonyl (C=O) groups is 1. The minimum absolute atomic E-state index is 0.529. The Hall–Kier alpha value is -0.610. The second-order valence-electron chi connectivity index (χ2n) is 6.44. The predicted octanol–water partition coefficient (Wildman–Crippen LogP) is 2.59. The highest BCUT2D eigenvalue weighted by Crippen LogP contribution is 2.36. The molecule has 118 valence electrons. The molecule has 0 radical (unpaired) electrons. The summed E-state index contributed by atoms with van der Waals surface area (Å²) in [5.74, 6) is 0.432. The molecule has 2 unspecified atom stereocenters. The van der Waals surface area contributed by atoms with Gasteiger partial charge in [0.25, 0.3) is 0 Å². The molecule has 0 saturated heterocycles. The van der Waals surface area contributed by atoms with E-state index in [1.807, 2.05) is 0 Å². The highest BCUT2D eigenvalue weighted by Gasteiger charge is 2.43. The third-order valence-electron chi connectivity index (χ3n) is 4.93. The zero-order valence-corrected chi connectivity index (χ0v) is 13.6. The van der Waals surface area contributed by atoms with Gasteiger partial charge in [-0.05, 0) is 37.8 Å². The molecule has 4 heteroatoms. The van der Waals surface area contributed by atoms with Crippen molar-refractivity contribution in [2.24, 2.45) is 11.8 Å². The van der Waals surface area contributed by atoms with E-state index in [4.69, 9.17) is 0 Å². The fraction of sp³-hybridized carbons (Fsp3) is 0.938. The van der Waals surface area contributed by atoms with Crippen LogP contribution in [0.2, 0.25) is 0 Å². The lowest BCUT2D eigenvalue weighted by Gasteiger charge is -2.40. The molecule has 0 aromatic heterocycles. The first kappa shape index (κ1) is 17.4. The van der Waals surface area contributed by atoms with E-state index in [2.05, 4.69) is 37.9 Å². The molecule has 0 amide bonds. The summed E-state index contributed by atoms with van der Waals surface area (Å²) in [6.07, 6.45) is 3.74. The van der Waals surface area contributed by atoms with E-state index in [9.17, 15) is 9.90 Å². The third-order valence-corrected chi connectivity index (χ3v) is 4.93. The first-order valence-electron chi connectivity index (χ1n) is 8.16. The molecule has 0 bridgehead atoms. The summed E-state index contributed by atoms with van der Waals surface area (Å²) >= 11 is 0. The monoisotopic (exact) mass is 284 g/mol. The number of nitrogens with zero attached hydrogens (tertiary/aromatic N) is 1. The summed E-state index contributed by atoms with van der Waals surface area (Å²) in [5, 5.41) is 13.1. The molecule has 1 fully saturated rings. The van der Waals surface area contributed by atoms with E-state index in [-0.39, 0.29) is 0 Å². The van der Waals surface area contributed by atoms with Crippen LogP contribution in [-0.2, 0) is 4.79 Å². The first-order chi connectivity index (χ1) is 9.45. The standard InChI is InChI=1S/C16H32N2O2/c1-5-18(6-2)11-10-17-16(15(19)20)9-7-8-14(12-16)13(3)4/h13-14,17H,5-12H2,1-4H3,(H,19,20). The zero-order chi connectivity index (χ0) is 15.2. The number of nitrogens with one attached hydrogen (secondary N) is 1. The number of carboxylic acid groups (broad SMARTS) is 1. The van der Waals surface area contributed by atoms with E-state index in [0.717, 1.165) is 45.4 Å². The average molecular weight is 284 g/mol. The first-order valence-corrected chi connectivity index (χ1v) is 8.16. The summed E-state index contributed by atoms with van der Waals surface area (Å²) < 4.78 is 0. The van der Waals surface area contributed by atoms with Crippen molar-refractivity contribution in [3.8, 4) is 0 Å². The van der Waals surface area contributed by atoms with Crippen LogP contribution in [0.5, 0.6) is 0 Å². The molecule has 20 heavy (non-hydrogen) atoms. The van der Waals surface area contributed by atoms with Crippen LogP contribution in [0.4, 0.5) is 0 Å². The predicted molar refractivity (Wildman–Crippen MR) is 83.0 cm³/mol. The Kier molecular flexibility index (Phi) is 6.96. The Balaban J connectivity index is 2.60. The Morgan fingerprint density at radius 3 is 2.55 bits per heavy atom. The van der Waals surface area contributed by atoms with Gasteiger partial charge < -0.3 is 15.3 Å². The fourth-order valence-corrected chi connectivity index (χ4v) is 3.31. The minimum Gasteiger partial charge on any atom is -0.480 e. The van der Waals surface area contributed by atoms with Gasteiger partial charge in [0.15, 0.2) is 0 Å². The lowest BCUT2D eigenvalue weighted by atomic mass is 9.71. The summed E-state index contributed by atoms with van der Waals surface area (Å²) in [6, 6.07) is 0. The summed E-state index contributed by atoms with van der Waals surface area (Å²) in [4.78, 5) is 14.1. The molecule has 1 aliphatic rings. The van der Waals surface area contributed by atoms with Crippen molar-refractivity contribution in [1.29, 1.82) is 0 Å². The van der Waals surface area contributed by atoms with Gasteiger partial charge in [-0.25, -0.2) is 0 Å².